The van der Waals surface area contributed by atoms with Crippen molar-refractivity contribution in [1.82, 2.24) is 0 Å². The normalized spacial score (nSPS) is 11.7. The first-order valence-electron chi connectivity index (χ1n) is 6.58. The van der Waals surface area contributed by atoms with Crippen molar-refractivity contribution in [3.8, 4) is 11.5 Å². The molecule has 0 saturated heterocycles. The number of amides is 1. The molecule has 0 fully saturated rings. The van der Waals surface area contributed by atoms with Crippen LogP contribution in [0.3, 0.4) is 0 Å². The summed E-state index contributed by atoms with van der Waals surface area (Å²) in [6, 6.07) is 16.2. The van der Waals surface area contributed by atoms with Crippen molar-refractivity contribution >= 4 is 11.6 Å². The van der Waals surface area contributed by atoms with Gasteiger partial charge in [-0.25, -0.2) is 0 Å². The van der Waals surface area contributed by atoms with Crippen molar-refractivity contribution < 1.29 is 9.53 Å². The van der Waals surface area contributed by atoms with Gasteiger partial charge in [0.1, 0.15) is 11.5 Å². The molecule has 2 aromatic rings. The summed E-state index contributed by atoms with van der Waals surface area (Å²) in [7, 11) is 0. The van der Waals surface area contributed by atoms with Crippen LogP contribution < -0.4 is 15.8 Å². The van der Waals surface area contributed by atoms with Gasteiger partial charge in [-0.2, -0.15) is 0 Å². The molecule has 0 unspecified atom stereocenters. The molecule has 4 nitrogen and oxygen atoms in total. The Morgan fingerprint density at radius 3 is 2.30 bits per heavy atom. The predicted molar refractivity (Wildman–Crippen MR) is 79.9 cm³/mol. The van der Waals surface area contributed by atoms with Gasteiger partial charge in [-0.15, -0.1) is 0 Å². The van der Waals surface area contributed by atoms with E-state index in [1.54, 1.807) is 24.3 Å². The highest BCUT2D eigenvalue weighted by Gasteiger charge is 2.10. The Morgan fingerprint density at radius 2 is 1.70 bits per heavy atom. The highest BCUT2D eigenvalue weighted by molar-refractivity contribution is 5.94. The van der Waals surface area contributed by atoms with Gasteiger partial charge < -0.3 is 15.8 Å². The van der Waals surface area contributed by atoms with E-state index >= 15 is 0 Å². The molecule has 0 bridgehead atoms. The third-order valence-electron chi connectivity index (χ3n) is 2.88. The molecular formula is C16H18N2O2. The quantitative estimate of drug-likeness (QED) is 0.877. The standard InChI is InChI=1S/C16H18N2O2/c1-2-15(17)16(19)18-12-8-10-14(11-9-12)20-13-6-4-3-5-7-13/h3-11,15H,2,17H2,1H3,(H,18,19)/t15-/m0/s1. The zero-order valence-electron chi connectivity index (χ0n) is 11.4. The zero-order chi connectivity index (χ0) is 14.4. The average Bonchev–Trinajstić information content (AvgIpc) is 2.49. The second-order valence-corrected chi connectivity index (χ2v) is 4.44. The number of rotatable bonds is 5. The molecule has 0 aromatic heterocycles. The van der Waals surface area contributed by atoms with Gasteiger partial charge in [0.15, 0.2) is 0 Å². The van der Waals surface area contributed by atoms with Gasteiger partial charge in [0.2, 0.25) is 5.91 Å². The molecule has 0 heterocycles. The van der Waals surface area contributed by atoms with Crippen molar-refractivity contribution in [3.05, 3.63) is 54.6 Å². The van der Waals surface area contributed by atoms with E-state index in [1.807, 2.05) is 37.3 Å². The van der Waals surface area contributed by atoms with Crippen molar-refractivity contribution in [2.24, 2.45) is 5.73 Å². The van der Waals surface area contributed by atoms with E-state index in [0.717, 1.165) is 5.75 Å². The molecule has 0 aliphatic heterocycles. The molecule has 2 rings (SSSR count). The molecule has 0 saturated carbocycles. The molecule has 4 heteroatoms. The fraction of sp³-hybridized carbons (Fsp3) is 0.188. The number of para-hydroxylation sites is 1. The van der Waals surface area contributed by atoms with Crippen LogP contribution in [0.15, 0.2) is 54.6 Å². The van der Waals surface area contributed by atoms with Crippen molar-refractivity contribution in [2.75, 3.05) is 5.32 Å². The van der Waals surface area contributed by atoms with Crippen LogP contribution in [0.25, 0.3) is 0 Å². The Morgan fingerprint density at radius 1 is 1.10 bits per heavy atom. The fourth-order valence-electron chi connectivity index (χ4n) is 1.65. The number of benzene rings is 2. The monoisotopic (exact) mass is 270 g/mol. The highest BCUT2D eigenvalue weighted by Crippen LogP contribution is 2.22. The lowest BCUT2D eigenvalue weighted by Gasteiger charge is -2.11. The topological polar surface area (TPSA) is 64.4 Å². The number of carbonyl (C=O) groups excluding carboxylic acids is 1. The van der Waals surface area contributed by atoms with E-state index in [4.69, 9.17) is 10.5 Å². The first-order valence-corrected chi connectivity index (χ1v) is 6.58. The Balaban J connectivity index is 1.98. The molecule has 0 aliphatic rings. The summed E-state index contributed by atoms with van der Waals surface area (Å²) in [5.41, 5.74) is 6.37. The van der Waals surface area contributed by atoms with Crippen LogP contribution in [0.2, 0.25) is 0 Å². The smallest absolute Gasteiger partial charge is 0.241 e. The number of nitrogens with two attached hydrogens (primary N) is 1. The molecule has 20 heavy (non-hydrogen) atoms. The maximum Gasteiger partial charge on any atom is 0.241 e. The lowest BCUT2D eigenvalue weighted by atomic mass is 10.2. The maximum atomic E-state index is 11.7. The summed E-state index contributed by atoms with van der Waals surface area (Å²) in [6.07, 6.45) is 0.612. The number of anilines is 1. The average molecular weight is 270 g/mol. The summed E-state index contributed by atoms with van der Waals surface area (Å²) in [6.45, 7) is 1.88. The fourth-order valence-corrected chi connectivity index (χ4v) is 1.65. The molecule has 104 valence electrons. The predicted octanol–water partition coefficient (Wildman–Crippen LogP) is 3.15. The number of hydrogen-bond donors (Lipinski definition) is 2. The highest BCUT2D eigenvalue weighted by atomic mass is 16.5. The van der Waals surface area contributed by atoms with Crippen LogP contribution in [0.5, 0.6) is 11.5 Å². The Hall–Kier alpha value is -2.33. The first kappa shape index (κ1) is 14.1. The zero-order valence-corrected chi connectivity index (χ0v) is 11.4. The van der Waals surface area contributed by atoms with Crippen molar-refractivity contribution in [3.63, 3.8) is 0 Å². The first-order chi connectivity index (χ1) is 9.69. The Bertz CT molecular complexity index is 552. The largest absolute Gasteiger partial charge is 0.457 e. The van der Waals surface area contributed by atoms with Gasteiger partial charge in [0.05, 0.1) is 6.04 Å². The van der Waals surface area contributed by atoms with Crippen LogP contribution in [-0.2, 0) is 4.79 Å². The van der Waals surface area contributed by atoms with Crippen LogP contribution in [0.4, 0.5) is 5.69 Å². The summed E-state index contributed by atoms with van der Waals surface area (Å²) in [5.74, 6) is 1.32. The van der Waals surface area contributed by atoms with Gasteiger partial charge in [0, 0.05) is 5.69 Å². The van der Waals surface area contributed by atoms with Crippen LogP contribution >= 0.6 is 0 Å². The lowest BCUT2D eigenvalue weighted by molar-refractivity contribution is -0.117. The van der Waals surface area contributed by atoms with Gasteiger partial charge in [-0.1, -0.05) is 25.1 Å². The minimum Gasteiger partial charge on any atom is -0.457 e. The molecule has 1 atom stereocenters. The van der Waals surface area contributed by atoms with E-state index in [1.165, 1.54) is 0 Å². The number of nitrogens with one attached hydrogen (secondary N) is 1. The van der Waals surface area contributed by atoms with Gasteiger partial charge >= 0.3 is 0 Å². The lowest BCUT2D eigenvalue weighted by Crippen LogP contribution is -2.34. The Labute approximate surface area is 118 Å². The molecular weight excluding hydrogens is 252 g/mol. The van der Waals surface area contributed by atoms with Crippen LogP contribution in [0.1, 0.15) is 13.3 Å². The van der Waals surface area contributed by atoms with Gasteiger partial charge in [-0.05, 0) is 42.8 Å². The van der Waals surface area contributed by atoms with E-state index in [-0.39, 0.29) is 5.91 Å². The van der Waals surface area contributed by atoms with E-state index in [0.29, 0.717) is 17.9 Å². The molecule has 3 N–H and O–H groups in total. The Kier molecular flexibility index (Phi) is 4.74. The third kappa shape index (κ3) is 3.83. The summed E-state index contributed by atoms with van der Waals surface area (Å²) >= 11 is 0. The summed E-state index contributed by atoms with van der Waals surface area (Å²) in [5, 5.41) is 2.76. The second-order valence-electron chi connectivity index (χ2n) is 4.44. The van der Waals surface area contributed by atoms with Crippen molar-refractivity contribution in [1.29, 1.82) is 0 Å². The molecule has 1 amide bonds. The molecule has 2 aromatic carbocycles. The van der Waals surface area contributed by atoms with Crippen LogP contribution in [0, 0.1) is 0 Å². The second kappa shape index (κ2) is 6.73. The number of ether oxygens (including phenoxy) is 1. The van der Waals surface area contributed by atoms with E-state index in [9.17, 15) is 4.79 Å². The van der Waals surface area contributed by atoms with E-state index in [2.05, 4.69) is 5.32 Å². The maximum absolute atomic E-state index is 11.7. The number of carbonyl (C=O) groups is 1. The SMILES string of the molecule is CC[C@H](N)C(=O)Nc1ccc(Oc2ccccc2)cc1. The van der Waals surface area contributed by atoms with Crippen molar-refractivity contribution in [2.45, 2.75) is 19.4 Å². The number of hydrogen-bond acceptors (Lipinski definition) is 3. The summed E-state index contributed by atoms with van der Waals surface area (Å²) in [4.78, 5) is 11.7. The third-order valence-corrected chi connectivity index (χ3v) is 2.88. The minimum absolute atomic E-state index is 0.177. The van der Waals surface area contributed by atoms with Crippen LogP contribution in [-0.4, -0.2) is 11.9 Å². The minimum atomic E-state index is -0.477. The summed E-state index contributed by atoms with van der Waals surface area (Å²) < 4.78 is 5.67. The van der Waals surface area contributed by atoms with Gasteiger partial charge in [-0.3, -0.25) is 4.79 Å². The molecule has 0 aliphatic carbocycles. The molecule has 0 spiro atoms. The van der Waals surface area contributed by atoms with Gasteiger partial charge in [0.25, 0.3) is 0 Å². The molecule has 0 radical (unpaired) electrons. The van der Waals surface area contributed by atoms with E-state index < -0.39 is 6.04 Å².